The maximum absolute atomic E-state index is 13.1. The average Bonchev–Trinajstić information content (AvgIpc) is 3.04. The molecule has 4 rings (SSSR count). The lowest BCUT2D eigenvalue weighted by Gasteiger charge is -2.30. The van der Waals surface area contributed by atoms with E-state index in [2.05, 4.69) is 0 Å². The summed E-state index contributed by atoms with van der Waals surface area (Å²) >= 11 is 0. The summed E-state index contributed by atoms with van der Waals surface area (Å²) in [4.78, 5) is 39.8. The Morgan fingerprint density at radius 3 is 2.27 bits per heavy atom. The molecule has 0 aliphatic carbocycles. The lowest BCUT2D eigenvalue weighted by Crippen LogP contribution is -2.35. The Kier molecular flexibility index (Phi) is 5.19. The molecule has 0 spiro atoms. The van der Waals surface area contributed by atoms with Crippen molar-refractivity contribution in [3.63, 3.8) is 0 Å². The second-order valence-electron chi connectivity index (χ2n) is 7.69. The van der Waals surface area contributed by atoms with E-state index in [1.54, 1.807) is 41.3 Å². The molecule has 0 N–H and O–H groups in total. The van der Waals surface area contributed by atoms with Crippen LogP contribution in [0.2, 0.25) is 0 Å². The number of likely N-dealkylation sites (tertiary alicyclic amines) is 1. The molecule has 0 saturated carbocycles. The van der Waals surface area contributed by atoms with Crippen molar-refractivity contribution < 1.29 is 22.8 Å². The third kappa shape index (κ3) is 3.87. The smallest absolute Gasteiger partial charge is 0.258 e. The van der Waals surface area contributed by atoms with Gasteiger partial charge in [0, 0.05) is 36.9 Å². The number of hydrogen-bond acceptors (Lipinski definition) is 5. The van der Waals surface area contributed by atoms with Crippen molar-refractivity contribution in [2.45, 2.75) is 37.1 Å². The number of imide groups is 1. The molecule has 156 valence electrons. The SMILES string of the molecule is CS(=O)(=O)c1ccc2c(c1)CCCN2C(=O)c1ccc(CN2C(=O)CCC2=O)cc1. The van der Waals surface area contributed by atoms with E-state index in [1.165, 1.54) is 17.2 Å². The number of sulfone groups is 1. The Bertz CT molecular complexity index is 1120. The van der Waals surface area contributed by atoms with E-state index < -0.39 is 9.84 Å². The molecule has 0 unspecified atom stereocenters. The van der Waals surface area contributed by atoms with Crippen LogP contribution in [0.15, 0.2) is 47.4 Å². The van der Waals surface area contributed by atoms with E-state index >= 15 is 0 Å². The summed E-state index contributed by atoms with van der Waals surface area (Å²) in [5.74, 6) is -0.500. The Hall–Kier alpha value is -3.00. The highest BCUT2D eigenvalue weighted by Crippen LogP contribution is 2.30. The minimum Gasteiger partial charge on any atom is -0.308 e. The van der Waals surface area contributed by atoms with Crippen molar-refractivity contribution in [3.05, 3.63) is 59.2 Å². The van der Waals surface area contributed by atoms with Gasteiger partial charge in [0.2, 0.25) is 11.8 Å². The van der Waals surface area contributed by atoms with Crippen LogP contribution in [0.1, 0.15) is 40.7 Å². The van der Waals surface area contributed by atoms with Gasteiger partial charge in [0.25, 0.3) is 5.91 Å². The molecular weight excluding hydrogens is 404 g/mol. The fourth-order valence-corrected chi connectivity index (χ4v) is 4.58. The molecule has 1 fully saturated rings. The maximum Gasteiger partial charge on any atom is 0.258 e. The number of anilines is 1. The number of rotatable bonds is 4. The summed E-state index contributed by atoms with van der Waals surface area (Å²) in [6.45, 7) is 0.773. The molecule has 8 heteroatoms. The predicted octanol–water partition coefficient (Wildman–Crippen LogP) is 2.33. The predicted molar refractivity (Wildman–Crippen MR) is 111 cm³/mol. The van der Waals surface area contributed by atoms with E-state index in [0.29, 0.717) is 12.1 Å². The highest BCUT2D eigenvalue weighted by atomic mass is 32.2. The molecule has 3 amide bonds. The van der Waals surface area contributed by atoms with E-state index in [0.717, 1.165) is 29.7 Å². The third-order valence-electron chi connectivity index (χ3n) is 5.54. The van der Waals surface area contributed by atoms with Gasteiger partial charge >= 0.3 is 0 Å². The fraction of sp³-hybridized carbons (Fsp3) is 0.318. The highest BCUT2D eigenvalue weighted by Gasteiger charge is 2.29. The quantitative estimate of drug-likeness (QED) is 0.700. The first-order valence-electron chi connectivity index (χ1n) is 9.81. The number of nitrogens with zero attached hydrogens (tertiary/aromatic N) is 2. The van der Waals surface area contributed by atoms with Gasteiger partial charge in [-0.2, -0.15) is 0 Å². The molecule has 2 aromatic rings. The molecular formula is C22H22N2O5S. The Labute approximate surface area is 175 Å². The Balaban J connectivity index is 1.54. The first-order valence-corrected chi connectivity index (χ1v) is 11.7. The van der Waals surface area contributed by atoms with E-state index in [-0.39, 0.29) is 42.0 Å². The molecule has 1 saturated heterocycles. The van der Waals surface area contributed by atoms with Crippen LogP contribution in [0.3, 0.4) is 0 Å². The van der Waals surface area contributed by atoms with Crippen LogP contribution in [0.25, 0.3) is 0 Å². The van der Waals surface area contributed by atoms with E-state index in [1.807, 2.05) is 0 Å². The third-order valence-corrected chi connectivity index (χ3v) is 6.65. The molecule has 2 aliphatic heterocycles. The number of amides is 3. The van der Waals surface area contributed by atoms with Crippen molar-refractivity contribution >= 4 is 33.2 Å². The molecule has 2 heterocycles. The van der Waals surface area contributed by atoms with Crippen LogP contribution in [-0.4, -0.2) is 43.8 Å². The number of carbonyl (C=O) groups excluding carboxylic acids is 3. The van der Waals surface area contributed by atoms with Crippen LogP contribution in [0.5, 0.6) is 0 Å². The van der Waals surface area contributed by atoms with Crippen LogP contribution >= 0.6 is 0 Å². The molecule has 0 atom stereocenters. The Morgan fingerprint density at radius 1 is 0.967 bits per heavy atom. The number of hydrogen-bond donors (Lipinski definition) is 0. The summed E-state index contributed by atoms with van der Waals surface area (Å²) in [5.41, 5.74) is 2.86. The second kappa shape index (κ2) is 7.68. The van der Waals surface area contributed by atoms with Crippen molar-refractivity contribution in [1.29, 1.82) is 0 Å². The van der Waals surface area contributed by atoms with Crippen molar-refractivity contribution in [2.75, 3.05) is 17.7 Å². The standard InChI is InChI=1S/C22H22N2O5S/c1-30(28,29)18-8-9-19-17(13-18)3-2-12-23(19)22(27)16-6-4-15(5-7-16)14-24-20(25)10-11-21(24)26/h4-9,13H,2-3,10-12,14H2,1H3. The van der Waals surface area contributed by atoms with Gasteiger partial charge in [-0.25, -0.2) is 8.42 Å². The van der Waals surface area contributed by atoms with Crippen LogP contribution in [0, 0.1) is 0 Å². The molecule has 7 nitrogen and oxygen atoms in total. The molecule has 0 radical (unpaired) electrons. The van der Waals surface area contributed by atoms with Gasteiger partial charge < -0.3 is 4.90 Å². The van der Waals surface area contributed by atoms with Crippen LogP contribution in [0.4, 0.5) is 5.69 Å². The van der Waals surface area contributed by atoms with E-state index in [4.69, 9.17) is 0 Å². The van der Waals surface area contributed by atoms with Crippen molar-refractivity contribution in [2.24, 2.45) is 0 Å². The topological polar surface area (TPSA) is 91.8 Å². The minimum atomic E-state index is -3.30. The zero-order valence-electron chi connectivity index (χ0n) is 16.6. The number of carbonyl (C=O) groups is 3. The van der Waals surface area contributed by atoms with Crippen molar-refractivity contribution in [1.82, 2.24) is 4.90 Å². The van der Waals surface area contributed by atoms with E-state index in [9.17, 15) is 22.8 Å². The molecule has 0 bridgehead atoms. The molecule has 30 heavy (non-hydrogen) atoms. The summed E-state index contributed by atoms with van der Waals surface area (Å²) < 4.78 is 23.7. The number of benzene rings is 2. The van der Waals surface area contributed by atoms with Gasteiger partial charge in [-0.1, -0.05) is 12.1 Å². The number of aryl methyl sites for hydroxylation is 1. The molecule has 2 aliphatic rings. The monoisotopic (exact) mass is 426 g/mol. The maximum atomic E-state index is 13.1. The number of fused-ring (bicyclic) bond motifs is 1. The van der Waals surface area contributed by atoms with Gasteiger partial charge in [0.15, 0.2) is 9.84 Å². The summed E-state index contributed by atoms with van der Waals surface area (Å²) in [7, 11) is -3.30. The molecule has 0 aromatic heterocycles. The van der Waals surface area contributed by atoms with Crippen LogP contribution in [-0.2, 0) is 32.4 Å². The lowest BCUT2D eigenvalue weighted by molar-refractivity contribution is -0.139. The lowest BCUT2D eigenvalue weighted by atomic mass is 10.0. The van der Waals surface area contributed by atoms with Gasteiger partial charge in [0.05, 0.1) is 11.4 Å². The van der Waals surface area contributed by atoms with Crippen LogP contribution < -0.4 is 4.90 Å². The average molecular weight is 426 g/mol. The van der Waals surface area contributed by atoms with Gasteiger partial charge in [-0.15, -0.1) is 0 Å². The summed E-state index contributed by atoms with van der Waals surface area (Å²) in [5, 5.41) is 0. The van der Waals surface area contributed by atoms with Gasteiger partial charge in [-0.05, 0) is 54.3 Å². The zero-order chi connectivity index (χ0) is 21.5. The summed E-state index contributed by atoms with van der Waals surface area (Å²) in [6.07, 6.45) is 3.16. The largest absolute Gasteiger partial charge is 0.308 e. The molecule has 2 aromatic carbocycles. The van der Waals surface area contributed by atoms with Crippen molar-refractivity contribution in [3.8, 4) is 0 Å². The first-order chi connectivity index (χ1) is 14.2. The fourth-order valence-electron chi connectivity index (χ4n) is 3.91. The second-order valence-corrected chi connectivity index (χ2v) is 9.71. The first kappa shape index (κ1) is 20.3. The minimum absolute atomic E-state index is 0.164. The van der Waals surface area contributed by atoms with Gasteiger partial charge in [0.1, 0.15) is 0 Å². The zero-order valence-corrected chi connectivity index (χ0v) is 17.4. The van der Waals surface area contributed by atoms with Gasteiger partial charge in [-0.3, -0.25) is 19.3 Å². The highest BCUT2D eigenvalue weighted by molar-refractivity contribution is 7.90. The normalized spacial score (nSPS) is 16.7. The summed E-state index contributed by atoms with van der Waals surface area (Å²) in [6, 6.07) is 11.8. The Morgan fingerprint density at radius 2 is 1.63 bits per heavy atom.